The van der Waals surface area contributed by atoms with Gasteiger partial charge in [0.2, 0.25) is 0 Å². The molecule has 1 aromatic heterocycles. The van der Waals surface area contributed by atoms with Gasteiger partial charge in [-0.3, -0.25) is 0 Å². The number of rotatable bonds is 4. The normalized spacial score (nSPS) is 10.0. The van der Waals surface area contributed by atoms with Crippen LogP contribution in [0.15, 0.2) is 30.3 Å². The second-order valence-electron chi connectivity index (χ2n) is 4.70. The molecule has 0 aliphatic carbocycles. The molecule has 114 valence electrons. The van der Waals surface area contributed by atoms with Gasteiger partial charge in [0, 0.05) is 21.3 Å². The fourth-order valence-corrected chi connectivity index (χ4v) is 2.30. The number of aryl methyl sites for hydroxylation is 1. The van der Waals surface area contributed by atoms with Crippen molar-refractivity contribution >= 4 is 23.2 Å². The van der Waals surface area contributed by atoms with Crippen molar-refractivity contribution in [2.24, 2.45) is 5.73 Å². The number of ether oxygens (including phenoxy) is 1. The standard InChI is InChI=1S/C17H16Cl2N2O/c1-12-3-6-17(22-8-2-7-20)16(21-12)5-4-13-9-14(18)11-15(19)10-13/h3,6,9-11H,2,7-8,20H2,1H3. The highest BCUT2D eigenvalue weighted by Gasteiger charge is 2.03. The van der Waals surface area contributed by atoms with Crippen LogP contribution >= 0.6 is 23.2 Å². The van der Waals surface area contributed by atoms with Gasteiger partial charge in [-0.25, -0.2) is 4.98 Å². The van der Waals surface area contributed by atoms with E-state index in [1.807, 2.05) is 19.1 Å². The van der Waals surface area contributed by atoms with Gasteiger partial charge in [0.1, 0.15) is 0 Å². The van der Waals surface area contributed by atoms with Gasteiger partial charge in [0.25, 0.3) is 0 Å². The number of hydrogen-bond donors (Lipinski definition) is 1. The largest absolute Gasteiger partial charge is 0.491 e. The van der Waals surface area contributed by atoms with Crippen molar-refractivity contribution in [1.29, 1.82) is 0 Å². The summed E-state index contributed by atoms with van der Waals surface area (Å²) in [7, 11) is 0. The van der Waals surface area contributed by atoms with Crippen LogP contribution in [0.1, 0.15) is 23.4 Å². The van der Waals surface area contributed by atoms with Crippen molar-refractivity contribution in [2.75, 3.05) is 13.2 Å². The lowest BCUT2D eigenvalue weighted by atomic mass is 10.2. The molecule has 2 rings (SSSR count). The van der Waals surface area contributed by atoms with Gasteiger partial charge < -0.3 is 10.5 Å². The van der Waals surface area contributed by atoms with E-state index >= 15 is 0 Å². The Morgan fingerprint density at radius 3 is 2.55 bits per heavy atom. The predicted molar refractivity (Wildman–Crippen MR) is 90.6 cm³/mol. The van der Waals surface area contributed by atoms with E-state index in [0.717, 1.165) is 17.7 Å². The number of pyridine rings is 1. The molecule has 0 amide bonds. The lowest BCUT2D eigenvalue weighted by molar-refractivity contribution is 0.311. The Balaban J connectivity index is 2.28. The summed E-state index contributed by atoms with van der Waals surface area (Å²) in [6.45, 7) is 3.03. The summed E-state index contributed by atoms with van der Waals surface area (Å²) in [6.07, 6.45) is 0.782. The fourth-order valence-electron chi connectivity index (χ4n) is 1.77. The molecule has 0 radical (unpaired) electrons. The molecular weight excluding hydrogens is 319 g/mol. The molecule has 22 heavy (non-hydrogen) atoms. The minimum atomic E-state index is 0.541. The zero-order valence-corrected chi connectivity index (χ0v) is 13.7. The second-order valence-corrected chi connectivity index (χ2v) is 5.57. The average molecular weight is 335 g/mol. The lowest BCUT2D eigenvalue weighted by Gasteiger charge is -2.07. The molecule has 0 unspecified atom stereocenters. The number of benzene rings is 1. The third-order valence-electron chi connectivity index (χ3n) is 2.79. The predicted octanol–water partition coefficient (Wildman–Crippen LogP) is 3.82. The van der Waals surface area contributed by atoms with Gasteiger partial charge >= 0.3 is 0 Å². The molecule has 0 saturated carbocycles. The molecular formula is C17H16Cl2N2O. The number of halogens is 2. The summed E-state index contributed by atoms with van der Waals surface area (Å²) in [6, 6.07) is 8.93. The van der Waals surface area contributed by atoms with E-state index in [2.05, 4.69) is 16.8 Å². The topological polar surface area (TPSA) is 48.1 Å². The van der Waals surface area contributed by atoms with Crippen LogP contribution in [-0.4, -0.2) is 18.1 Å². The molecule has 2 N–H and O–H groups in total. The summed E-state index contributed by atoms with van der Waals surface area (Å²) in [4.78, 5) is 4.42. The van der Waals surface area contributed by atoms with Crippen LogP contribution in [0.2, 0.25) is 10.0 Å². The van der Waals surface area contributed by atoms with Crippen molar-refractivity contribution in [3.63, 3.8) is 0 Å². The Hall–Kier alpha value is -1.73. The molecule has 3 nitrogen and oxygen atoms in total. The summed E-state index contributed by atoms with van der Waals surface area (Å²) >= 11 is 11.9. The zero-order valence-electron chi connectivity index (χ0n) is 12.2. The van der Waals surface area contributed by atoms with Crippen molar-refractivity contribution in [1.82, 2.24) is 4.98 Å². The number of hydrogen-bond acceptors (Lipinski definition) is 3. The van der Waals surface area contributed by atoms with Crippen LogP contribution in [0.5, 0.6) is 5.75 Å². The van der Waals surface area contributed by atoms with E-state index in [0.29, 0.717) is 34.6 Å². The molecule has 0 atom stereocenters. The third-order valence-corrected chi connectivity index (χ3v) is 3.23. The van der Waals surface area contributed by atoms with E-state index in [1.54, 1.807) is 18.2 Å². The average Bonchev–Trinajstić information content (AvgIpc) is 2.46. The maximum absolute atomic E-state index is 5.97. The quantitative estimate of drug-likeness (QED) is 0.682. The molecule has 1 heterocycles. The molecule has 0 bridgehead atoms. The zero-order chi connectivity index (χ0) is 15.9. The van der Waals surface area contributed by atoms with Gasteiger partial charge in [-0.15, -0.1) is 0 Å². The molecule has 5 heteroatoms. The molecule has 2 aromatic rings. The first-order valence-electron chi connectivity index (χ1n) is 6.87. The smallest absolute Gasteiger partial charge is 0.155 e. The Kier molecular flexibility index (Phi) is 6.09. The maximum Gasteiger partial charge on any atom is 0.155 e. The van der Waals surface area contributed by atoms with Gasteiger partial charge in [-0.2, -0.15) is 0 Å². The number of aromatic nitrogens is 1. The fraction of sp³-hybridized carbons (Fsp3) is 0.235. The van der Waals surface area contributed by atoms with E-state index < -0.39 is 0 Å². The number of nitrogens with zero attached hydrogens (tertiary/aromatic N) is 1. The molecule has 0 aliphatic rings. The Bertz CT molecular complexity index is 700. The minimum Gasteiger partial charge on any atom is -0.491 e. The van der Waals surface area contributed by atoms with Crippen LogP contribution in [-0.2, 0) is 0 Å². The monoisotopic (exact) mass is 334 g/mol. The molecule has 0 fully saturated rings. The SMILES string of the molecule is Cc1ccc(OCCCN)c(C#Cc2cc(Cl)cc(Cl)c2)n1. The Morgan fingerprint density at radius 1 is 1.14 bits per heavy atom. The molecule has 1 aromatic carbocycles. The van der Waals surface area contributed by atoms with Gasteiger partial charge in [-0.1, -0.05) is 29.1 Å². The van der Waals surface area contributed by atoms with E-state index in [4.69, 9.17) is 33.7 Å². The second kappa shape index (κ2) is 8.05. The Labute approximate surface area is 140 Å². The lowest BCUT2D eigenvalue weighted by Crippen LogP contribution is -2.07. The van der Waals surface area contributed by atoms with Crippen molar-refractivity contribution in [3.05, 3.63) is 57.3 Å². The first kappa shape index (κ1) is 16.6. The van der Waals surface area contributed by atoms with Crippen LogP contribution in [0.25, 0.3) is 0 Å². The molecule has 0 spiro atoms. The Morgan fingerprint density at radius 2 is 1.86 bits per heavy atom. The van der Waals surface area contributed by atoms with Gasteiger partial charge in [0.15, 0.2) is 11.4 Å². The number of nitrogens with two attached hydrogens (primary N) is 1. The summed E-state index contributed by atoms with van der Waals surface area (Å²) in [5.41, 5.74) is 7.67. The van der Waals surface area contributed by atoms with Crippen molar-refractivity contribution < 1.29 is 4.74 Å². The summed E-state index contributed by atoms with van der Waals surface area (Å²) in [5.74, 6) is 6.68. The third kappa shape index (κ3) is 4.92. The molecule has 0 aliphatic heterocycles. The van der Waals surface area contributed by atoms with E-state index in [1.165, 1.54) is 0 Å². The van der Waals surface area contributed by atoms with E-state index in [9.17, 15) is 0 Å². The van der Waals surface area contributed by atoms with E-state index in [-0.39, 0.29) is 0 Å². The van der Waals surface area contributed by atoms with Gasteiger partial charge in [-0.05, 0) is 56.1 Å². The minimum absolute atomic E-state index is 0.541. The summed E-state index contributed by atoms with van der Waals surface area (Å²) < 4.78 is 5.67. The van der Waals surface area contributed by atoms with Crippen LogP contribution in [0.3, 0.4) is 0 Å². The first-order valence-corrected chi connectivity index (χ1v) is 7.62. The first-order chi connectivity index (χ1) is 10.6. The highest BCUT2D eigenvalue weighted by molar-refractivity contribution is 6.34. The van der Waals surface area contributed by atoms with Crippen molar-refractivity contribution in [3.8, 4) is 17.6 Å². The molecule has 0 saturated heterocycles. The van der Waals surface area contributed by atoms with Crippen LogP contribution < -0.4 is 10.5 Å². The van der Waals surface area contributed by atoms with Crippen LogP contribution in [0.4, 0.5) is 0 Å². The van der Waals surface area contributed by atoms with Crippen LogP contribution in [0, 0.1) is 18.8 Å². The highest BCUT2D eigenvalue weighted by atomic mass is 35.5. The van der Waals surface area contributed by atoms with Crippen molar-refractivity contribution in [2.45, 2.75) is 13.3 Å². The highest BCUT2D eigenvalue weighted by Crippen LogP contribution is 2.19. The summed E-state index contributed by atoms with van der Waals surface area (Å²) in [5, 5.41) is 1.10. The van der Waals surface area contributed by atoms with Gasteiger partial charge in [0.05, 0.1) is 6.61 Å². The maximum atomic E-state index is 5.97.